The summed E-state index contributed by atoms with van der Waals surface area (Å²) < 4.78 is 0. The van der Waals surface area contributed by atoms with Crippen LogP contribution in [0, 0.1) is 5.92 Å². The Hall–Kier alpha value is -9.12. The van der Waals surface area contributed by atoms with E-state index in [9.17, 15) is 0 Å². The van der Waals surface area contributed by atoms with Gasteiger partial charge in [0.15, 0.2) is 0 Å². The Bertz CT molecular complexity index is 4330. The monoisotopic (exact) mass is 1200 g/mol. The predicted molar refractivity (Wildman–Crippen MR) is 395 cm³/mol. The summed E-state index contributed by atoms with van der Waals surface area (Å²) in [6.45, 7) is 30.3. The third kappa shape index (κ3) is 10.5. The first-order valence-corrected chi connectivity index (χ1v) is 33.6. The van der Waals surface area contributed by atoms with Crippen molar-refractivity contribution >= 4 is 68.6 Å². The largest absolute Gasteiger partial charge is 0.338 e. The van der Waals surface area contributed by atoms with Crippen molar-refractivity contribution in [2.45, 2.75) is 136 Å². The Morgan fingerprint density at radius 2 is 0.804 bits per heavy atom. The summed E-state index contributed by atoms with van der Waals surface area (Å²) >= 11 is 0. The first-order chi connectivity index (χ1) is 44.1. The van der Waals surface area contributed by atoms with Crippen molar-refractivity contribution in [3.63, 3.8) is 0 Å². The van der Waals surface area contributed by atoms with Crippen LogP contribution >= 0.6 is 0 Å². The minimum Gasteiger partial charge on any atom is -0.338 e. The normalized spacial score (nSPS) is 15.8. The van der Waals surface area contributed by atoms with E-state index < -0.39 is 5.41 Å². The fraction of sp³-hybridized carbons (Fsp3) is 0.250. The summed E-state index contributed by atoms with van der Waals surface area (Å²) in [5, 5.41) is 0. The van der Waals surface area contributed by atoms with E-state index in [-0.39, 0.29) is 28.4 Å². The van der Waals surface area contributed by atoms with E-state index in [0.29, 0.717) is 12.0 Å². The highest BCUT2D eigenvalue weighted by atomic mass is 15.2. The Morgan fingerprint density at radius 3 is 1.25 bits per heavy atom. The number of hydrogen-bond acceptors (Lipinski definition) is 3. The summed E-state index contributed by atoms with van der Waals surface area (Å²) in [7, 11) is 0. The fourth-order valence-corrected chi connectivity index (χ4v) is 15.2. The average molecular weight is 1200 g/mol. The molecule has 14 rings (SSSR count). The fourth-order valence-electron chi connectivity index (χ4n) is 15.2. The lowest BCUT2D eigenvalue weighted by Crippen LogP contribution is -2.65. The van der Waals surface area contributed by atoms with E-state index in [0.717, 1.165) is 23.5 Å². The van der Waals surface area contributed by atoms with Gasteiger partial charge in [-0.3, -0.25) is 0 Å². The molecular weight excluding hydrogens is 1110 g/mol. The molecule has 0 bridgehead atoms. The Morgan fingerprint density at radius 1 is 0.370 bits per heavy atom. The zero-order valence-corrected chi connectivity index (χ0v) is 56.3. The van der Waals surface area contributed by atoms with Gasteiger partial charge in [0.25, 0.3) is 0 Å². The van der Waals surface area contributed by atoms with Crippen molar-refractivity contribution in [1.82, 2.24) is 0 Å². The topological polar surface area (TPSA) is 9.72 Å². The lowest BCUT2D eigenvalue weighted by atomic mass is 9.29. The number of hydrogen-bond donors (Lipinski definition) is 0. The summed E-state index contributed by atoms with van der Waals surface area (Å²) in [6.07, 6.45) is 2.35. The van der Waals surface area contributed by atoms with Gasteiger partial charge in [-0.2, -0.15) is 0 Å². The van der Waals surface area contributed by atoms with Gasteiger partial charge in [0, 0.05) is 57.0 Å². The molecule has 0 spiro atoms. The molecule has 0 amide bonds. The third-order valence-corrected chi connectivity index (χ3v) is 20.6. The van der Waals surface area contributed by atoms with Gasteiger partial charge < -0.3 is 14.7 Å². The van der Waals surface area contributed by atoms with Gasteiger partial charge >= 0.3 is 0 Å². The van der Waals surface area contributed by atoms with Crippen molar-refractivity contribution in [1.29, 1.82) is 0 Å². The summed E-state index contributed by atoms with van der Waals surface area (Å²) in [6, 6.07) is 101. The van der Waals surface area contributed by atoms with Gasteiger partial charge in [-0.25, -0.2) is 0 Å². The maximum atomic E-state index is 2.74. The van der Waals surface area contributed by atoms with Crippen LogP contribution in [0.4, 0.5) is 45.5 Å². The van der Waals surface area contributed by atoms with E-state index in [1.165, 1.54) is 118 Å². The Balaban J connectivity index is 1.13. The number of para-hydroxylation sites is 1. The second-order valence-electron chi connectivity index (χ2n) is 30.6. The quantitative estimate of drug-likeness (QED) is 0.120. The second kappa shape index (κ2) is 22.9. The van der Waals surface area contributed by atoms with Crippen molar-refractivity contribution in [3.05, 3.63) is 305 Å². The van der Waals surface area contributed by atoms with Gasteiger partial charge in [-0.1, -0.05) is 290 Å². The average Bonchev–Trinajstić information content (AvgIpc) is 0.673. The van der Waals surface area contributed by atoms with Crippen LogP contribution in [0.2, 0.25) is 0 Å². The van der Waals surface area contributed by atoms with Crippen molar-refractivity contribution in [2.75, 3.05) is 14.7 Å². The van der Waals surface area contributed by atoms with Crippen LogP contribution in [0.3, 0.4) is 0 Å². The molecule has 0 saturated heterocycles. The highest BCUT2D eigenvalue weighted by Crippen LogP contribution is 2.55. The molecule has 2 aliphatic heterocycles. The van der Waals surface area contributed by atoms with E-state index in [1.54, 1.807) is 0 Å². The molecule has 92 heavy (non-hydrogen) atoms. The minimum atomic E-state index is -0.797. The molecule has 0 N–H and O–H groups in total. The zero-order valence-electron chi connectivity index (χ0n) is 56.3. The third-order valence-electron chi connectivity index (χ3n) is 20.6. The second-order valence-corrected chi connectivity index (χ2v) is 30.6. The molecule has 11 aromatic rings. The lowest BCUT2D eigenvalue weighted by molar-refractivity contribution is 0.279. The van der Waals surface area contributed by atoms with Gasteiger partial charge in [0.2, 0.25) is 6.71 Å². The number of rotatable bonds is 11. The van der Waals surface area contributed by atoms with Crippen molar-refractivity contribution in [3.8, 4) is 22.3 Å². The van der Waals surface area contributed by atoms with Crippen LogP contribution < -0.4 is 31.1 Å². The summed E-state index contributed by atoms with van der Waals surface area (Å²) in [5.74, 6) is 0.529. The van der Waals surface area contributed by atoms with E-state index in [4.69, 9.17) is 0 Å². The molecule has 1 fully saturated rings. The zero-order chi connectivity index (χ0) is 64.1. The molecule has 2 atom stereocenters. The molecule has 1 unspecified atom stereocenters. The molecule has 3 aliphatic rings. The molecule has 1 saturated carbocycles. The number of anilines is 8. The standard InChI is InChI=1S/C88H88BN3/c1-59-37-54-79(59)91(70-48-42-64(43-49-70)86(8,9)10)72-51-53-78-80(58-72)92(83-73(60-27-18-14-19-28-60)35-26-36-74(83)61-29-20-15-21-30-61)81-56-67(87(11,12)13)55-76-82(81)89(78)77-52-50-71(57-75(77)88(76,65-31-22-16-23-32-65)66-33-24-17-25-34-66)90(68-44-38-62(39-45-68)84(2,3)4)69-46-40-63(41-47-69)85(5,6)7/h14-36,38-53,55-59,79H,37,54H2,1-13H3/t59-,79?/m0/s1. The van der Waals surface area contributed by atoms with Gasteiger partial charge in [-0.15, -0.1) is 0 Å². The molecule has 3 nitrogen and oxygen atoms in total. The van der Waals surface area contributed by atoms with Crippen LogP contribution in [0.1, 0.15) is 147 Å². The number of fused-ring (bicyclic) bond motifs is 4. The van der Waals surface area contributed by atoms with E-state index >= 15 is 0 Å². The maximum absolute atomic E-state index is 2.74. The minimum absolute atomic E-state index is 0.00234. The highest BCUT2D eigenvalue weighted by molar-refractivity contribution is 6.99. The first kappa shape index (κ1) is 60.4. The van der Waals surface area contributed by atoms with Gasteiger partial charge in [0.05, 0.1) is 11.1 Å². The molecule has 458 valence electrons. The van der Waals surface area contributed by atoms with Crippen molar-refractivity contribution in [2.24, 2.45) is 5.92 Å². The van der Waals surface area contributed by atoms with E-state index in [2.05, 4.69) is 366 Å². The lowest BCUT2D eigenvalue weighted by Gasteiger charge is -2.50. The first-order valence-electron chi connectivity index (χ1n) is 33.6. The highest BCUT2D eigenvalue weighted by Gasteiger charge is 2.53. The molecule has 1 aliphatic carbocycles. The maximum Gasteiger partial charge on any atom is 0.247 e. The smallest absolute Gasteiger partial charge is 0.247 e. The van der Waals surface area contributed by atoms with Gasteiger partial charge in [0.1, 0.15) is 0 Å². The van der Waals surface area contributed by atoms with Crippen LogP contribution in [-0.2, 0) is 27.1 Å². The van der Waals surface area contributed by atoms with Crippen LogP contribution in [-0.4, -0.2) is 12.8 Å². The molecule has 2 heterocycles. The van der Waals surface area contributed by atoms with Crippen LogP contribution in [0.15, 0.2) is 261 Å². The van der Waals surface area contributed by atoms with E-state index in [1.807, 2.05) is 0 Å². The molecular formula is C88H88BN3. The molecule has 0 radical (unpaired) electrons. The number of benzene rings is 11. The Labute approximate surface area is 549 Å². The van der Waals surface area contributed by atoms with Crippen LogP contribution in [0.5, 0.6) is 0 Å². The summed E-state index contributed by atoms with van der Waals surface area (Å²) in [4.78, 5) is 7.94. The Kier molecular flexibility index (Phi) is 15.1. The molecule has 0 aromatic heterocycles. The van der Waals surface area contributed by atoms with Gasteiger partial charge in [-0.05, 0) is 174 Å². The van der Waals surface area contributed by atoms with Crippen LogP contribution in [0.25, 0.3) is 22.3 Å². The SMILES string of the molecule is C[C@H]1CCC1N(c1ccc(C(C)(C)C)cc1)c1ccc2c(c1)N(c1c(-c3ccccc3)cccc1-c1ccccc1)c1cc(C(C)(C)C)cc3c1B2c1ccc(N(c2ccc(C(C)(C)C)cc2)c2ccc(C(C)(C)C)cc2)cc1C3(c1ccccc1)c1ccccc1. The van der Waals surface area contributed by atoms with Crippen molar-refractivity contribution < 1.29 is 0 Å². The molecule has 11 aromatic carbocycles. The predicted octanol–water partition coefficient (Wildman–Crippen LogP) is 21.6. The summed E-state index contributed by atoms with van der Waals surface area (Å²) in [5.41, 5.74) is 27.3. The molecule has 4 heteroatoms. The number of nitrogens with zero attached hydrogens (tertiary/aromatic N) is 3.